The Kier molecular flexibility index (Phi) is 7.46. The number of nitrogens with one attached hydrogen (secondary N) is 1. The highest BCUT2D eigenvalue weighted by Crippen LogP contribution is 2.22. The normalized spacial score (nSPS) is 14.1. The molecule has 8 heteroatoms. The first-order valence-electron chi connectivity index (χ1n) is 7.74. The van der Waals surface area contributed by atoms with Gasteiger partial charge in [0.1, 0.15) is 17.7 Å². The molecule has 0 aliphatic rings. The summed E-state index contributed by atoms with van der Waals surface area (Å²) in [5.74, 6) is -3.55. The van der Waals surface area contributed by atoms with Crippen LogP contribution < -0.4 is 5.32 Å². The summed E-state index contributed by atoms with van der Waals surface area (Å²) in [6, 6.07) is 1.49. The summed E-state index contributed by atoms with van der Waals surface area (Å²) in [7, 11) is 0. The highest BCUT2D eigenvalue weighted by molar-refractivity contribution is 6.31. The predicted molar refractivity (Wildman–Crippen MR) is 89.4 cm³/mol. The summed E-state index contributed by atoms with van der Waals surface area (Å²) < 4.78 is 26.8. The first kappa shape index (κ1) is 21.5. The molecule has 0 saturated carbocycles. The molecule has 0 heterocycles. The molecule has 25 heavy (non-hydrogen) atoms. The van der Waals surface area contributed by atoms with Gasteiger partial charge in [0, 0.05) is 24.4 Å². The summed E-state index contributed by atoms with van der Waals surface area (Å²) in [5, 5.41) is 21.2. The molecule has 5 nitrogen and oxygen atoms in total. The van der Waals surface area contributed by atoms with Crippen molar-refractivity contribution < 1.29 is 28.6 Å². The standard InChI is InChI=1S/C17H22ClF2NO4/c1-9(7-21-16(25)15(24)17(2,3)8-22)4-14(23)10-5-11(18)13(20)6-12(10)19/h5-6,9,15,22,24H,4,7-8H2,1-3H3,(H,21,25)/t9-,15+/m1/s1. The van der Waals surface area contributed by atoms with Gasteiger partial charge in [-0.1, -0.05) is 32.4 Å². The van der Waals surface area contributed by atoms with Crippen molar-refractivity contribution in [1.82, 2.24) is 5.32 Å². The molecule has 140 valence electrons. The second-order valence-electron chi connectivity index (χ2n) is 6.77. The molecule has 0 unspecified atom stereocenters. The number of carbonyl (C=O) groups excluding carboxylic acids is 2. The first-order valence-corrected chi connectivity index (χ1v) is 8.11. The van der Waals surface area contributed by atoms with Crippen molar-refractivity contribution in [3.05, 3.63) is 34.4 Å². The Morgan fingerprint density at radius 3 is 2.44 bits per heavy atom. The molecule has 0 spiro atoms. The van der Waals surface area contributed by atoms with Gasteiger partial charge in [-0.15, -0.1) is 0 Å². The van der Waals surface area contributed by atoms with E-state index in [9.17, 15) is 23.5 Å². The lowest BCUT2D eigenvalue weighted by Gasteiger charge is -2.27. The molecule has 0 aromatic heterocycles. The maximum absolute atomic E-state index is 13.7. The van der Waals surface area contributed by atoms with Crippen LogP contribution in [0.2, 0.25) is 5.02 Å². The summed E-state index contributed by atoms with van der Waals surface area (Å²) in [4.78, 5) is 24.0. The van der Waals surface area contributed by atoms with Crippen molar-refractivity contribution in [1.29, 1.82) is 0 Å². The van der Waals surface area contributed by atoms with E-state index in [4.69, 9.17) is 16.7 Å². The number of halogens is 3. The third kappa shape index (κ3) is 5.73. The van der Waals surface area contributed by atoms with Crippen molar-refractivity contribution in [2.24, 2.45) is 11.3 Å². The van der Waals surface area contributed by atoms with E-state index in [1.54, 1.807) is 6.92 Å². The Balaban J connectivity index is 2.63. The summed E-state index contributed by atoms with van der Waals surface area (Å²) in [6.45, 7) is 4.42. The van der Waals surface area contributed by atoms with Crippen molar-refractivity contribution in [2.45, 2.75) is 33.3 Å². The average Bonchev–Trinajstić information content (AvgIpc) is 2.54. The molecular weight excluding hydrogens is 356 g/mol. The fraction of sp³-hybridized carbons (Fsp3) is 0.529. The summed E-state index contributed by atoms with van der Waals surface area (Å²) >= 11 is 5.56. The van der Waals surface area contributed by atoms with Gasteiger partial charge in [-0.2, -0.15) is 0 Å². The Labute approximate surface area is 150 Å². The molecule has 0 aliphatic carbocycles. The van der Waals surface area contributed by atoms with Gasteiger partial charge in [-0.05, 0) is 12.0 Å². The number of hydrogen-bond acceptors (Lipinski definition) is 4. The van der Waals surface area contributed by atoms with Crippen LogP contribution in [-0.4, -0.2) is 41.2 Å². The quantitative estimate of drug-likeness (QED) is 0.479. The predicted octanol–water partition coefficient (Wildman–Crippen LogP) is 2.32. The highest BCUT2D eigenvalue weighted by Gasteiger charge is 2.33. The lowest BCUT2D eigenvalue weighted by atomic mass is 9.87. The average molecular weight is 378 g/mol. The van der Waals surface area contributed by atoms with Crippen molar-refractivity contribution in [3.63, 3.8) is 0 Å². The van der Waals surface area contributed by atoms with Crippen LogP contribution in [0.3, 0.4) is 0 Å². The maximum Gasteiger partial charge on any atom is 0.249 e. The second-order valence-corrected chi connectivity index (χ2v) is 7.18. The van der Waals surface area contributed by atoms with Crippen LogP contribution in [0, 0.1) is 23.0 Å². The molecule has 0 saturated heterocycles. The van der Waals surface area contributed by atoms with E-state index in [0.717, 1.165) is 6.07 Å². The number of aliphatic hydroxyl groups is 2. The summed E-state index contributed by atoms with van der Waals surface area (Å²) in [6.07, 6.45) is -1.51. The van der Waals surface area contributed by atoms with Gasteiger partial charge in [0.25, 0.3) is 0 Å². The van der Waals surface area contributed by atoms with E-state index < -0.39 is 34.8 Å². The molecule has 0 radical (unpaired) electrons. The maximum atomic E-state index is 13.7. The van der Waals surface area contributed by atoms with Crippen LogP contribution in [0.5, 0.6) is 0 Å². The molecular formula is C17H22ClF2NO4. The van der Waals surface area contributed by atoms with Crippen LogP contribution in [-0.2, 0) is 4.79 Å². The fourth-order valence-electron chi connectivity index (χ4n) is 2.05. The van der Waals surface area contributed by atoms with E-state index >= 15 is 0 Å². The van der Waals surface area contributed by atoms with Crippen molar-refractivity contribution >= 4 is 23.3 Å². The monoisotopic (exact) mass is 377 g/mol. The van der Waals surface area contributed by atoms with Gasteiger partial charge in [0.2, 0.25) is 5.91 Å². The third-order valence-electron chi connectivity index (χ3n) is 3.87. The zero-order valence-electron chi connectivity index (χ0n) is 14.3. The number of aliphatic hydroxyl groups excluding tert-OH is 2. The molecule has 1 rings (SSSR count). The molecule has 0 aliphatic heterocycles. The Morgan fingerprint density at radius 2 is 1.88 bits per heavy atom. The molecule has 0 bridgehead atoms. The number of amides is 1. The largest absolute Gasteiger partial charge is 0.396 e. The third-order valence-corrected chi connectivity index (χ3v) is 4.15. The molecule has 1 aromatic rings. The molecule has 1 aromatic carbocycles. The zero-order valence-corrected chi connectivity index (χ0v) is 15.0. The number of benzene rings is 1. The number of carbonyl (C=O) groups is 2. The number of rotatable bonds is 8. The van der Waals surface area contributed by atoms with Crippen molar-refractivity contribution in [2.75, 3.05) is 13.2 Å². The van der Waals surface area contributed by atoms with Gasteiger partial charge in [0.15, 0.2) is 5.78 Å². The smallest absolute Gasteiger partial charge is 0.249 e. The number of hydrogen-bond donors (Lipinski definition) is 3. The topological polar surface area (TPSA) is 86.6 Å². The molecule has 2 atom stereocenters. The first-order chi connectivity index (χ1) is 11.5. The number of ketones is 1. The lowest BCUT2D eigenvalue weighted by molar-refractivity contribution is -0.137. The van der Waals surface area contributed by atoms with E-state index in [1.807, 2.05) is 0 Å². The zero-order chi connectivity index (χ0) is 19.4. The van der Waals surface area contributed by atoms with Crippen molar-refractivity contribution in [3.8, 4) is 0 Å². The minimum atomic E-state index is -1.41. The Hall–Kier alpha value is -1.57. The van der Waals surface area contributed by atoms with Crippen LogP contribution in [0.15, 0.2) is 12.1 Å². The van der Waals surface area contributed by atoms with E-state index in [0.29, 0.717) is 6.07 Å². The highest BCUT2D eigenvalue weighted by atomic mass is 35.5. The summed E-state index contributed by atoms with van der Waals surface area (Å²) in [5.41, 5.74) is -1.32. The van der Waals surface area contributed by atoms with Crippen LogP contribution in [0.4, 0.5) is 8.78 Å². The second kappa shape index (κ2) is 8.69. The SMILES string of the molecule is C[C@@H](CNC(=O)[C@H](O)C(C)(C)CO)CC(=O)c1cc(Cl)c(F)cc1F. The molecule has 0 fully saturated rings. The molecule has 3 N–H and O–H groups in total. The number of Topliss-reactive ketones (excluding diaryl/α,β-unsaturated/α-hetero) is 1. The lowest BCUT2D eigenvalue weighted by Crippen LogP contribution is -2.46. The van der Waals surface area contributed by atoms with Gasteiger partial charge < -0.3 is 15.5 Å². The van der Waals surface area contributed by atoms with Crippen LogP contribution in [0.25, 0.3) is 0 Å². The minimum Gasteiger partial charge on any atom is -0.396 e. The fourth-order valence-corrected chi connectivity index (χ4v) is 2.21. The van der Waals surface area contributed by atoms with E-state index in [-0.39, 0.29) is 36.1 Å². The van der Waals surface area contributed by atoms with Gasteiger partial charge in [-0.3, -0.25) is 9.59 Å². The minimum absolute atomic E-state index is 0.0691. The Morgan fingerprint density at radius 1 is 1.28 bits per heavy atom. The van der Waals surface area contributed by atoms with Gasteiger partial charge in [0.05, 0.1) is 17.2 Å². The van der Waals surface area contributed by atoms with E-state index in [1.165, 1.54) is 13.8 Å². The van der Waals surface area contributed by atoms with Gasteiger partial charge >= 0.3 is 0 Å². The van der Waals surface area contributed by atoms with E-state index in [2.05, 4.69) is 5.32 Å². The molecule has 1 amide bonds. The van der Waals surface area contributed by atoms with Crippen LogP contribution in [0.1, 0.15) is 37.6 Å². The van der Waals surface area contributed by atoms with Crippen LogP contribution >= 0.6 is 11.6 Å². The van der Waals surface area contributed by atoms with Gasteiger partial charge in [-0.25, -0.2) is 8.78 Å². The Bertz CT molecular complexity index is 652.